The Kier molecular flexibility index (Phi) is 2.65. The van der Waals surface area contributed by atoms with E-state index >= 15 is 0 Å². The molecular weight excluding hydrogens is 176 g/mol. The second kappa shape index (κ2) is 3.65. The van der Waals surface area contributed by atoms with E-state index in [1.807, 2.05) is 0 Å². The maximum Gasteiger partial charge on any atom is 0.139 e. The summed E-state index contributed by atoms with van der Waals surface area (Å²) in [6, 6.07) is 0. The van der Waals surface area contributed by atoms with Gasteiger partial charge < -0.3 is 5.11 Å². The van der Waals surface area contributed by atoms with E-state index in [0.29, 0.717) is 30.1 Å². The number of aliphatic hydroxyl groups excluding tert-OH is 1. The SMILES string of the molecule is C[C@H]1C(=O)[C@H](C)[C@H]2CC(CO)C[C@H]1C2. The molecule has 2 heteroatoms. The van der Waals surface area contributed by atoms with Gasteiger partial charge in [0.05, 0.1) is 0 Å². The van der Waals surface area contributed by atoms with Crippen LogP contribution in [0.1, 0.15) is 33.1 Å². The molecule has 0 heterocycles. The smallest absolute Gasteiger partial charge is 0.139 e. The molecule has 0 saturated heterocycles. The summed E-state index contributed by atoms with van der Waals surface area (Å²) in [5, 5.41) is 9.20. The summed E-state index contributed by atoms with van der Waals surface area (Å²) >= 11 is 0. The van der Waals surface area contributed by atoms with E-state index in [4.69, 9.17) is 0 Å². The molecule has 2 aliphatic rings. The highest BCUT2D eigenvalue weighted by atomic mass is 16.3. The Bertz CT molecular complexity index is 212. The zero-order chi connectivity index (χ0) is 10.3. The highest BCUT2D eigenvalue weighted by molar-refractivity contribution is 5.84. The molecule has 0 aromatic carbocycles. The highest BCUT2D eigenvalue weighted by Gasteiger charge is 2.43. The lowest BCUT2D eigenvalue weighted by Crippen LogP contribution is -2.43. The van der Waals surface area contributed by atoms with Crippen LogP contribution in [-0.4, -0.2) is 17.5 Å². The summed E-state index contributed by atoms with van der Waals surface area (Å²) in [7, 11) is 0. The predicted molar refractivity (Wildman–Crippen MR) is 54.7 cm³/mol. The van der Waals surface area contributed by atoms with Crippen LogP contribution in [0.5, 0.6) is 0 Å². The minimum Gasteiger partial charge on any atom is -0.396 e. The standard InChI is InChI=1S/C12H20O2/c1-7-10-3-9(6-13)4-11(5-10)8(2)12(7)14/h7-11,13H,3-6H2,1-2H3/t7-,8-,10+,11+/m1/s1. The molecule has 0 aromatic heterocycles. The summed E-state index contributed by atoms with van der Waals surface area (Å²) in [5.41, 5.74) is 0. The van der Waals surface area contributed by atoms with Crippen molar-refractivity contribution < 1.29 is 9.90 Å². The van der Waals surface area contributed by atoms with Gasteiger partial charge in [-0.25, -0.2) is 0 Å². The van der Waals surface area contributed by atoms with Gasteiger partial charge in [0.15, 0.2) is 0 Å². The van der Waals surface area contributed by atoms with Gasteiger partial charge >= 0.3 is 0 Å². The van der Waals surface area contributed by atoms with Crippen LogP contribution in [-0.2, 0) is 4.79 Å². The van der Waals surface area contributed by atoms with Gasteiger partial charge in [0.1, 0.15) is 5.78 Å². The van der Waals surface area contributed by atoms with Gasteiger partial charge in [0, 0.05) is 18.4 Å². The molecule has 0 spiro atoms. The number of carbonyl (C=O) groups is 1. The van der Waals surface area contributed by atoms with Crippen LogP contribution in [0.4, 0.5) is 0 Å². The van der Waals surface area contributed by atoms with Crippen LogP contribution in [0, 0.1) is 29.6 Å². The second-order valence-corrected chi connectivity index (χ2v) is 5.26. The Hall–Kier alpha value is -0.370. The number of hydrogen-bond acceptors (Lipinski definition) is 2. The fraction of sp³-hybridized carbons (Fsp3) is 0.917. The fourth-order valence-electron chi connectivity index (χ4n) is 3.38. The molecule has 0 amide bonds. The zero-order valence-corrected chi connectivity index (χ0v) is 9.07. The fourth-order valence-corrected chi connectivity index (χ4v) is 3.38. The summed E-state index contributed by atoms with van der Waals surface area (Å²) in [6.07, 6.45) is 3.34. The average Bonchev–Trinajstić information content (AvgIpc) is 2.23. The van der Waals surface area contributed by atoms with Crippen molar-refractivity contribution >= 4 is 5.78 Å². The molecule has 2 saturated carbocycles. The Morgan fingerprint density at radius 1 is 1.14 bits per heavy atom. The molecule has 2 bridgehead atoms. The van der Waals surface area contributed by atoms with Crippen molar-refractivity contribution in [3.8, 4) is 0 Å². The molecule has 2 nitrogen and oxygen atoms in total. The van der Waals surface area contributed by atoms with Crippen LogP contribution in [0.25, 0.3) is 0 Å². The Morgan fingerprint density at radius 3 is 2.07 bits per heavy atom. The van der Waals surface area contributed by atoms with E-state index in [1.54, 1.807) is 0 Å². The molecule has 2 aliphatic carbocycles. The molecular formula is C12H20O2. The van der Waals surface area contributed by atoms with Gasteiger partial charge in [0.25, 0.3) is 0 Å². The van der Waals surface area contributed by atoms with Crippen molar-refractivity contribution in [2.45, 2.75) is 33.1 Å². The summed E-state index contributed by atoms with van der Waals surface area (Å²) in [4.78, 5) is 11.9. The largest absolute Gasteiger partial charge is 0.396 e. The van der Waals surface area contributed by atoms with Gasteiger partial charge in [-0.1, -0.05) is 13.8 Å². The van der Waals surface area contributed by atoms with Gasteiger partial charge in [0.2, 0.25) is 0 Å². The monoisotopic (exact) mass is 196 g/mol. The van der Waals surface area contributed by atoms with Crippen molar-refractivity contribution in [3.05, 3.63) is 0 Å². The molecule has 80 valence electrons. The molecule has 0 unspecified atom stereocenters. The number of hydrogen-bond donors (Lipinski definition) is 1. The molecule has 0 aliphatic heterocycles. The van der Waals surface area contributed by atoms with Gasteiger partial charge in [-0.2, -0.15) is 0 Å². The van der Waals surface area contributed by atoms with Crippen molar-refractivity contribution in [2.24, 2.45) is 29.6 Å². The van der Waals surface area contributed by atoms with E-state index in [2.05, 4.69) is 13.8 Å². The molecule has 2 fully saturated rings. The van der Waals surface area contributed by atoms with Crippen LogP contribution >= 0.6 is 0 Å². The quantitative estimate of drug-likeness (QED) is 0.695. The molecule has 0 aromatic rings. The number of aliphatic hydroxyl groups is 1. The van der Waals surface area contributed by atoms with Crippen molar-refractivity contribution in [1.29, 1.82) is 0 Å². The molecule has 14 heavy (non-hydrogen) atoms. The first-order chi connectivity index (χ1) is 6.63. The summed E-state index contributed by atoms with van der Waals surface area (Å²) in [6.45, 7) is 4.44. The molecule has 1 N–H and O–H groups in total. The second-order valence-electron chi connectivity index (χ2n) is 5.26. The number of Topliss-reactive ketones (excluding diaryl/α,β-unsaturated/α-hetero) is 1. The van der Waals surface area contributed by atoms with Crippen LogP contribution in [0.15, 0.2) is 0 Å². The third-order valence-electron chi connectivity index (χ3n) is 4.45. The van der Waals surface area contributed by atoms with Crippen LogP contribution in [0.3, 0.4) is 0 Å². The van der Waals surface area contributed by atoms with E-state index in [0.717, 1.165) is 12.8 Å². The number of carbonyl (C=O) groups excluding carboxylic acids is 1. The molecule has 2 rings (SSSR count). The van der Waals surface area contributed by atoms with Gasteiger partial charge in [-0.15, -0.1) is 0 Å². The predicted octanol–water partition coefficient (Wildman–Crippen LogP) is 1.87. The normalized spacial score (nSPS) is 47.9. The van der Waals surface area contributed by atoms with E-state index < -0.39 is 0 Å². The third-order valence-corrected chi connectivity index (χ3v) is 4.45. The first-order valence-electron chi connectivity index (χ1n) is 5.78. The third kappa shape index (κ3) is 1.50. The van der Waals surface area contributed by atoms with E-state index in [1.165, 1.54) is 6.42 Å². The van der Waals surface area contributed by atoms with Gasteiger partial charge in [-0.05, 0) is 37.0 Å². The Balaban J connectivity index is 2.15. The van der Waals surface area contributed by atoms with Crippen LogP contribution in [0.2, 0.25) is 0 Å². The first kappa shape index (κ1) is 10.2. The van der Waals surface area contributed by atoms with E-state index in [-0.39, 0.29) is 11.8 Å². The lowest BCUT2D eigenvalue weighted by atomic mass is 9.60. The van der Waals surface area contributed by atoms with Crippen molar-refractivity contribution in [3.63, 3.8) is 0 Å². The highest BCUT2D eigenvalue weighted by Crippen LogP contribution is 2.46. The van der Waals surface area contributed by atoms with E-state index in [9.17, 15) is 9.90 Å². The number of rotatable bonds is 1. The first-order valence-corrected chi connectivity index (χ1v) is 5.78. The molecule has 0 radical (unpaired) electrons. The zero-order valence-electron chi connectivity index (χ0n) is 9.07. The van der Waals surface area contributed by atoms with Gasteiger partial charge in [-0.3, -0.25) is 4.79 Å². The van der Waals surface area contributed by atoms with Crippen LogP contribution < -0.4 is 0 Å². The summed E-state index contributed by atoms with van der Waals surface area (Å²) < 4.78 is 0. The maximum absolute atomic E-state index is 11.9. The topological polar surface area (TPSA) is 37.3 Å². The summed E-state index contributed by atoms with van der Waals surface area (Å²) in [5.74, 6) is 2.48. The number of fused-ring (bicyclic) bond motifs is 2. The number of ketones is 1. The Labute approximate surface area is 85.7 Å². The maximum atomic E-state index is 11.9. The van der Waals surface area contributed by atoms with Crippen molar-refractivity contribution in [2.75, 3.05) is 6.61 Å². The average molecular weight is 196 g/mol. The lowest BCUT2D eigenvalue weighted by molar-refractivity contribution is -0.136. The lowest BCUT2D eigenvalue weighted by Gasteiger charge is -2.44. The minimum atomic E-state index is 0.232. The minimum absolute atomic E-state index is 0.232. The Morgan fingerprint density at radius 2 is 1.64 bits per heavy atom. The molecule has 4 atom stereocenters. The van der Waals surface area contributed by atoms with Crippen molar-refractivity contribution in [1.82, 2.24) is 0 Å².